The fraction of sp³-hybridized carbons (Fsp3) is 0.429. The van der Waals surface area contributed by atoms with Crippen LogP contribution in [-0.2, 0) is 6.54 Å². The van der Waals surface area contributed by atoms with E-state index in [-0.39, 0.29) is 6.54 Å². The van der Waals surface area contributed by atoms with Gasteiger partial charge in [0, 0.05) is 0 Å². The molecule has 8 nitrogen and oxygen atoms in total. The molecule has 1 aliphatic rings. The van der Waals surface area contributed by atoms with E-state index in [0.29, 0.717) is 5.69 Å². The average molecular weight is 307 g/mol. The molecule has 0 fully saturated rings. The lowest BCUT2D eigenvalue weighted by atomic mass is 9.88. The highest BCUT2D eigenvalue weighted by atomic mass is 16.4. The lowest BCUT2D eigenvalue weighted by molar-refractivity contribution is -0.160. The molecule has 118 valence electrons. The Morgan fingerprint density at radius 2 is 1.86 bits per heavy atom. The molecule has 0 spiro atoms. The van der Waals surface area contributed by atoms with Crippen LogP contribution in [0.3, 0.4) is 0 Å². The van der Waals surface area contributed by atoms with Gasteiger partial charge >= 0.3 is 11.4 Å². The van der Waals surface area contributed by atoms with Gasteiger partial charge in [0.1, 0.15) is 11.7 Å². The highest BCUT2D eigenvalue weighted by Gasteiger charge is 2.48. The molecule has 0 amide bonds. The molecule has 2 heterocycles. The molecule has 1 aliphatic heterocycles. The smallest absolute Gasteiger partial charge is 0.352 e. The van der Waals surface area contributed by atoms with Gasteiger partial charge in [-0.25, -0.2) is 23.5 Å². The second-order valence-corrected chi connectivity index (χ2v) is 5.50. The molecule has 22 heavy (non-hydrogen) atoms. The molecular formula is C14H17N3O5. The third kappa shape index (κ3) is 1.81. The molecule has 0 saturated heterocycles. The average Bonchev–Trinajstić information content (AvgIpc) is 2.76. The molecule has 0 unspecified atom stereocenters. The Kier molecular flexibility index (Phi) is 3.32. The van der Waals surface area contributed by atoms with Gasteiger partial charge < -0.3 is 15.3 Å². The fourth-order valence-electron chi connectivity index (χ4n) is 2.88. The quantitative estimate of drug-likeness (QED) is 0.623. The van der Waals surface area contributed by atoms with Crippen LogP contribution in [0.5, 0.6) is 0 Å². The summed E-state index contributed by atoms with van der Waals surface area (Å²) in [5.74, 6) is 0. The van der Waals surface area contributed by atoms with Crippen molar-refractivity contribution >= 4 is 0 Å². The van der Waals surface area contributed by atoms with E-state index in [1.54, 1.807) is 30.3 Å². The van der Waals surface area contributed by atoms with Gasteiger partial charge in [-0.1, -0.05) is 18.2 Å². The Balaban J connectivity index is 2.27. The second kappa shape index (κ2) is 4.94. The van der Waals surface area contributed by atoms with Crippen LogP contribution in [-0.4, -0.2) is 47.6 Å². The Morgan fingerprint density at radius 1 is 1.23 bits per heavy atom. The van der Waals surface area contributed by atoms with Crippen molar-refractivity contribution in [1.82, 2.24) is 13.9 Å². The van der Waals surface area contributed by atoms with Crippen LogP contribution in [0.25, 0.3) is 5.69 Å². The number of aromatic nitrogens is 3. The molecule has 8 heteroatoms. The predicted molar refractivity (Wildman–Crippen MR) is 77.0 cm³/mol. The third-order valence-electron chi connectivity index (χ3n) is 4.34. The number of nitrogens with zero attached hydrogens (tertiary/aromatic N) is 3. The first-order chi connectivity index (χ1) is 10.4. The molecule has 1 aromatic heterocycles. The minimum atomic E-state index is -1.88. The third-order valence-corrected chi connectivity index (χ3v) is 4.34. The van der Waals surface area contributed by atoms with E-state index >= 15 is 0 Å². The van der Waals surface area contributed by atoms with E-state index in [4.69, 9.17) is 0 Å². The minimum Gasteiger partial charge on any atom is -0.393 e. The normalized spacial score (nSPS) is 27.6. The zero-order valence-corrected chi connectivity index (χ0v) is 12.0. The van der Waals surface area contributed by atoms with E-state index in [9.17, 15) is 24.9 Å². The summed E-state index contributed by atoms with van der Waals surface area (Å²) in [7, 11) is 0. The Morgan fingerprint density at radius 3 is 2.45 bits per heavy atom. The van der Waals surface area contributed by atoms with E-state index in [1.807, 2.05) is 0 Å². The van der Waals surface area contributed by atoms with Crippen molar-refractivity contribution in [2.24, 2.45) is 0 Å². The first-order valence-electron chi connectivity index (χ1n) is 6.93. The molecule has 3 N–H and O–H groups in total. The number of hydrogen-bond donors (Lipinski definition) is 3. The highest BCUT2D eigenvalue weighted by Crippen LogP contribution is 2.29. The summed E-state index contributed by atoms with van der Waals surface area (Å²) in [4.78, 5) is 25.1. The van der Waals surface area contributed by atoms with Crippen LogP contribution in [0.1, 0.15) is 13.0 Å². The summed E-state index contributed by atoms with van der Waals surface area (Å²) in [5.41, 5.74) is -2.69. The summed E-state index contributed by atoms with van der Waals surface area (Å²) in [6.45, 7) is 0.493. The first-order valence-corrected chi connectivity index (χ1v) is 6.93. The second-order valence-electron chi connectivity index (χ2n) is 5.50. The van der Waals surface area contributed by atoms with Crippen molar-refractivity contribution in [2.75, 3.05) is 6.61 Å². The Labute approximate surface area is 125 Å². The van der Waals surface area contributed by atoms with Crippen LogP contribution < -0.4 is 11.4 Å². The summed E-state index contributed by atoms with van der Waals surface area (Å²) in [5, 5.41) is 29.8. The van der Waals surface area contributed by atoms with Gasteiger partial charge in [0.15, 0.2) is 0 Å². The van der Waals surface area contributed by atoms with Gasteiger partial charge in [-0.05, 0) is 19.1 Å². The number of hydrogen-bond acceptors (Lipinski definition) is 5. The SMILES string of the molecule is C[C@H]1n2c(=O)n(-c3ccccc3)c(=O)n2C[C@@H](O)[C@@]1(O)CO. The molecule has 0 radical (unpaired) electrons. The molecule has 2 aromatic rings. The van der Waals surface area contributed by atoms with Crippen molar-refractivity contribution < 1.29 is 15.3 Å². The summed E-state index contributed by atoms with van der Waals surface area (Å²) in [6.07, 6.45) is -1.35. The van der Waals surface area contributed by atoms with Gasteiger partial charge in [0.2, 0.25) is 0 Å². The van der Waals surface area contributed by atoms with Crippen LogP contribution in [0.2, 0.25) is 0 Å². The first kappa shape index (κ1) is 14.8. The molecule has 0 aliphatic carbocycles. The Hall–Kier alpha value is -2.16. The largest absolute Gasteiger partial charge is 0.393 e. The fourth-order valence-corrected chi connectivity index (χ4v) is 2.88. The van der Waals surface area contributed by atoms with Gasteiger partial charge in [0.25, 0.3) is 0 Å². The molecule has 3 atom stereocenters. The van der Waals surface area contributed by atoms with E-state index in [1.165, 1.54) is 6.92 Å². The van der Waals surface area contributed by atoms with Gasteiger partial charge in [-0.15, -0.1) is 0 Å². The summed E-state index contributed by atoms with van der Waals surface area (Å²) in [6, 6.07) is 7.45. The lowest BCUT2D eigenvalue weighted by Crippen LogP contribution is -2.60. The minimum absolute atomic E-state index is 0.269. The number of benzene rings is 1. The number of fused-ring (bicyclic) bond motifs is 1. The predicted octanol–water partition coefficient (Wildman–Crippen LogP) is -1.54. The van der Waals surface area contributed by atoms with Crippen molar-refractivity contribution in [2.45, 2.75) is 31.2 Å². The van der Waals surface area contributed by atoms with Crippen molar-refractivity contribution in [3.05, 3.63) is 51.3 Å². The molecular weight excluding hydrogens is 290 g/mol. The van der Waals surface area contributed by atoms with E-state index < -0.39 is 35.7 Å². The maximum Gasteiger partial charge on any atom is 0.352 e. The van der Waals surface area contributed by atoms with Crippen LogP contribution in [0.15, 0.2) is 39.9 Å². The molecule has 0 bridgehead atoms. The van der Waals surface area contributed by atoms with Gasteiger partial charge in [0.05, 0.1) is 24.9 Å². The Bertz CT molecular complexity index is 806. The van der Waals surface area contributed by atoms with E-state index in [2.05, 4.69) is 0 Å². The van der Waals surface area contributed by atoms with Gasteiger partial charge in [-0.3, -0.25) is 0 Å². The monoisotopic (exact) mass is 307 g/mol. The highest BCUT2D eigenvalue weighted by molar-refractivity contribution is 5.30. The zero-order chi connectivity index (χ0) is 16.1. The van der Waals surface area contributed by atoms with Crippen molar-refractivity contribution in [3.8, 4) is 5.69 Å². The number of aliphatic hydroxyl groups excluding tert-OH is 2. The summed E-state index contributed by atoms with van der Waals surface area (Å²) >= 11 is 0. The topological polar surface area (TPSA) is 110 Å². The number of aliphatic hydroxyl groups is 3. The maximum atomic E-state index is 12.6. The van der Waals surface area contributed by atoms with Crippen molar-refractivity contribution in [3.63, 3.8) is 0 Å². The van der Waals surface area contributed by atoms with Crippen molar-refractivity contribution in [1.29, 1.82) is 0 Å². The van der Waals surface area contributed by atoms with Crippen LogP contribution in [0, 0.1) is 0 Å². The van der Waals surface area contributed by atoms with E-state index in [0.717, 1.165) is 13.9 Å². The lowest BCUT2D eigenvalue weighted by Gasteiger charge is -2.41. The maximum absolute atomic E-state index is 12.6. The molecule has 1 aromatic carbocycles. The summed E-state index contributed by atoms with van der Waals surface area (Å²) < 4.78 is 3.15. The zero-order valence-electron chi connectivity index (χ0n) is 12.0. The van der Waals surface area contributed by atoms with Gasteiger partial charge in [-0.2, -0.15) is 0 Å². The standard InChI is InChI=1S/C14H17N3O5/c1-9-14(22,8-18)11(19)7-15-12(20)16(13(21)17(9)15)10-5-3-2-4-6-10/h2-6,9,11,18-19,22H,7-8H2,1H3/t9-,11-,14-/m1/s1. The molecule has 3 rings (SSSR count). The number of rotatable bonds is 2. The van der Waals surface area contributed by atoms with Crippen LogP contribution >= 0.6 is 0 Å². The number of para-hydroxylation sites is 1. The van der Waals surface area contributed by atoms with Crippen LogP contribution in [0.4, 0.5) is 0 Å². The molecule has 0 saturated carbocycles.